The van der Waals surface area contributed by atoms with Crippen molar-refractivity contribution in [3.05, 3.63) is 22.4 Å². The lowest BCUT2D eigenvalue weighted by atomic mass is 10.2. The summed E-state index contributed by atoms with van der Waals surface area (Å²) in [5.41, 5.74) is 0. The van der Waals surface area contributed by atoms with Gasteiger partial charge in [-0.05, 0) is 37.4 Å². The highest BCUT2D eigenvalue weighted by Gasteiger charge is 2.14. The second kappa shape index (κ2) is 6.50. The lowest BCUT2D eigenvalue weighted by Gasteiger charge is -2.16. The fourth-order valence-electron chi connectivity index (χ4n) is 1.75. The highest BCUT2D eigenvalue weighted by molar-refractivity contribution is 7.26. The average molecular weight is 269 g/mol. The van der Waals surface area contributed by atoms with E-state index in [1.807, 2.05) is 29.6 Å². The monoisotopic (exact) mass is 269 g/mol. The van der Waals surface area contributed by atoms with E-state index in [1.165, 1.54) is 14.3 Å². The molecule has 0 bridgehead atoms. The number of nitrogens with one attached hydrogen (secondary N) is 1. The second-order valence-corrected chi connectivity index (χ2v) is 6.03. The van der Waals surface area contributed by atoms with Crippen LogP contribution in [0.5, 0.6) is 0 Å². The summed E-state index contributed by atoms with van der Waals surface area (Å²) in [6.45, 7) is 6.83. The van der Waals surface area contributed by atoms with Gasteiger partial charge in [-0.15, -0.1) is 22.7 Å². The van der Waals surface area contributed by atoms with Gasteiger partial charge in [0.25, 0.3) is 0 Å². The van der Waals surface area contributed by atoms with E-state index in [1.54, 1.807) is 0 Å². The van der Waals surface area contributed by atoms with Gasteiger partial charge in [0.15, 0.2) is 0 Å². The summed E-state index contributed by atoms with van der Waals surface area (Å²) in [5.74, 6) is 0. The summed E-state index contributed by atoms with van der Waals surface area (Å²) in [6, 6.07) is 4.85. The minimum atomic E-state index is 0.347. The minimum Gasteiger partial charge on any atom is -0.380 e. The standard InChI is InChI=1S/C13H19NOS2/c1-3-6-14-10(9-15-4-2)12-8-13-11(17-12)5-7-16-13/h5,7-8,10,14H,3-4,6,9H2,1-2H3. The van der Waals surface area contributed by atoms with Crippen LogP contribution in [0.2, 0.25) is 0 Å². The summed E-state index contributed by atoms with van der Waals surface area (Å²) in [7, 11) is 0. The first-order valence-corrected chi connectivity index (χ1v) is 7.82. The molecule has 0 saturated heterocycles. The third-order valence-electron chi connectivity index (χ3n) is 2.63. The molecule has 0 aliphatic heterocycles. The first-order chi connectivity index (χ1) is 8.35. The molecule has 2 nitrogen and oxygen atoms in total. The number of thiophene rings is 2. The molecule has 2 heterocycles. The van der Waals surface area contributed by atoms with E-state index in [9.17, 15) is 0 Å². The normalized spacial score (nSPS) is 13.3. The van der Waals surface area contributed by atoms with E-state index in [-0.39, 0.29) is 0 Å². The molecule has 0 aromatic carbocycles. The van der Waals surface area contributed by atoms with Crippen molar-refractivity contribution in [2.75, 3.05) is 19.8 Å². The van der Waals surface area contributed by atoms with Gasteiger partial charge >= 0.3 is 0 Å². The Morgan fingerprint density at radius 3 is 2.94 bits per heavy atom. The van der Waals surface area contributed by atoms with E-state index in [0.29, 0.717) is 6.04 Å². The van der Waals surface area contributed by atoms with E-state index in [0.717, 1.165) is 26.2 Å². The molecule has 2 aromatic heterocycles. The maximum absolute atomic E-state index is 5.57. The molecule has 94 valence electrons. The van der Waals surface area contributed by atoms with Crippen LogP contribution >= 0.6 is 22.7 Å². The quantitative estimate of drug-likeness (QED) is 0.819. The van der Waals surface area contributed by atoms with E-state index < -0.39 is 0 Å². The van der Waals surface area contributed by atoms with E-state index >= 15 is 0 Å². The fourth-order valence-corrected chi connectivity index (χ4v) is 3.93. The molecule has 1 unspecified atom stereocenters. The van der Waals surface area contributed by atoms with E-state index in [2.05, 4.69) is 29.8 Å². The molecule has 0 spiro atoms. The van der Waals surface area contributed by atoms with Crippen LogP contribution < -0.4 is 5.32 Å². The topological polar surface area (TPSA) is 21.3 Å². The summed E-state index contributed by atoms with van der Waals surface area (Å²) < 4.78 is 8.35. The third-order valence-corrected chi connectivity index (χ3v) is 4.84. The Kier molecular flexibility index (Phi) is 4.98. The van der Waals surface area contributed by atoms with Gasteiger partial charge in [-0.3, -0.25) is 0 Å². The zero-order chi connectivity index (χ0) is 12.1. The van der Waals surface area contributed by atoms with Gasteiger partial charge in [-0.2, -0.15) is 0 Å². The number of hydrogen-bond donors (Lipinski definition) is 1. The molecule has 0 aliphatic carbocycles. The van der Waals surface area contributed by atoms with Crippen molar-refractivity contribution in [3.8, 4) is 0 Å². The smallest absolute Gasteiger partial charge is 0.0669 e. The molecule has 17 heavy (non-hydrogen) atoms. The predicted octanol–water partition coefficient (Wildman–Crippen LogP) is 4.04. The number of rotatable bonds is 7. The zero-order valence-electron chi connectivity index (χ0n) is 10.4. The molecule has 4 heteroatoms. The van der Waals surface area contributed by atoms with Crippen LogP contribution in [-0.2, 0) is 4.74 Å². The molecule has 0 saturated carbocycles. The van der Waals surface area contributed by atoms with Gasteiger partial charge < -0.3 is 10.1 Å². The zero-order valence-corrected chi connectivity index (χ0v) is 12.0. The molecule has 1 atom stereocenters. The second-order valence-electron chi connectivity index (χ2n) is 3.96. The van der Waals surface area contributed by atoms with Gasteiger partial charge in [0.1, 0.15) is 0 Å². The van der Waals surface area contributed by atoms with Gasteiger partial charge in [0, 0.05) is 20.9 Å². The molecule has 0 amide bonds. The lowest BCUT2D eigenvalue weighted by Crippen LogP contribution is -2.25. The Labute approximate surface area is 111 Å². The minimum absolute atomic E-state index is 0.347. The molecule has 2 aromatic rings. The van der Waals surface area contributed by atoms with Crippen molar-refractivity contribution in [1.82, 2.24) is 5.32 Å². The van der Waals surface area contributed by atoms with Gasteiger partial charge in [0.2, 0.25) is 0 Å². The van der Waals surface area contributed by atoms with Crippen LogP contribution in [-0.4, -0.2) is 19.8 Å². The molecule has 2 rings (SSSR count). The number of hydrogen-bond acceptors (Lipinski definition) is 4. The maximum atomic E-state index is 5.57. The van der Waals surface area contributed by atoms with Crippen LogP contribution in [0, 0.1) is 0 Å². The summed E-state index contributed by atoms with van der Waals surface area (Å²) >= 11 is 3.70. The van der Waals surface area contributed by atoms with Gasteiger partial charge in [-0.1, -0.05) is 6.92 Å². The van der Waals surface area contributed by atoms with Gasteiger partial charge in [-0.25, -0.2) is 0 Å². The molecule has 0 radical (unpaired) electrons. The lowest BCUT2D eigenvalue weighted by molar-refractivity contribution is 0.124. The SMILES string of the molecule is CCCNC(COCC)c1cc2sccc2s1. The predicted molar refractivity (Wildman–Crippen MR) is 77.2 cm³/mol. The number of fused-ring (bicyclic) bond motifs is 1. The van der Waals surface area contributed by atoms with Crippen molar-refractivity contribution < 1.29 is 4.74 Å². The van der Waals surface area contributed by atoms with Crippen molar-refractivity contribution in [2.24, 2.45) is 0 Å². The van der Waals surface area contributed by atoms with Crippen LogP contribution in [0.3, 0.4) is 0 Å². The van der Waals surface area contributed by atoms with Crippen LogP contribution in [0.15, 0.2) is 17.5 Å². The Hall–Kier alpha value is -0.420. The van der Waals surface area contributed by atoms with E-state index in [4.69, 9.17) is 4.74 Å². The molecule has 1 N–H and O–H groups in total. The third kappa shape index (κ3) is 3.28. The summed E-state index contributed by atoms with van der Waals surface area (Å²) in [5, 5.41) is 5.72. The molecule has 0 aliphatic rings. The Morgan fingerprint density at radius 1 is 1.35 bits per heavy atom. The summed E-state index contributed by atoms with van der Waals surface area (Å²) in [4.78, 5) is 1.40. The Balaban J connectivity index is 2.10. The number of ether oxygens (including phenoxy) is 1. The van der Waals surface area contributed by atoms with Gasteiger partial charge in [0.05, 0.1) is 12.6 Å². The van der Waals surface area contributed by atoms with Crippen LogP contribution in [0.4, 0.5) is 0 Å². The van der Waals surface area contributed by atoms with Crippen LogP contribution in [0.1, 0.15) is 31.2 Å². The highest BCUT2D eigenvalue weighted by atomic mass is 32.1. The first-order valence-electron chi connectivity index (χ1n) is 6.13. The van der Waals surface area contributed by atoms with Crippen LogP contribution in [0.25, 0.3) is 9.40 Å². The molecular weight excluding hydrogens is 250 g/mol. The summed E-state index contributed by atoms with van der Waals surface area (Å²) in [6.07, 6.45) is 1.16. The Morgan fingerprint density at radius 2 is 2.24 bits per heavy atom. The maximum Gasteiger partial charge on any atom is 0.0669 e. The fraction of sp³-hybridized carbons (Fsp3) is 0.538. The largest absolute Gasteiger partial charge is 0.380 e. The average Bonchev–Trinajstić information content (AvgIpc) is 2.89. The van der Waals surface area contributed by atoms with Crippen molar-refractivity contribution >= 4 is 32.1 Å². The van der Waals surface area contributed by atoms with Crippen molar-refractivity contribution in [3.63, 3.8) is 0 Å². The Bertz CT molecular complexity index is 412. The van der Waals surface area contributed by atoms with Crippen molar-refractivity contribution in [2.45, 2.75) is 26.3 Å². The van der Waals surface area contributed by atoms with Crippen molar-refractivity contribution in [1.29, 1.82) is 0 Å². The molecule has 0 fully saturated rings. The molecular formula is C13H19NOS2. The highest BCUT2D eigenvalue weighted by Crippen LogP contribution is 2.33. The first kappa shape index (κ1) is 13.0.